The highest BCUT2D eigenvalue weighted by molar-refractivity contribution is 5.86. The topological polar surface area (TPSA) is 124 Å². The zero-order valence-electron chi connectivity index (χ0n) is 42.8. The summed E-state index contributed by atoms with van der Waals surface area (Å²) in [6.45, 7) is 21.3. The Hall–Kier alpha value is -2.60. The molecule has 8 saturated carbocycles. The number of phenols is 2. The largest absolute Gasteiger partial charge is 0.504 e. The molecule has 0 unspecified atom stereocenters. The van der Waals surface area contributed by atoms with Crippen molar-refractivity contribution in [2.75, 3.05) is 40.4 Å². The Labute approximate surface area is 404 Å². The number of fused-ring (bicyclic) bond motifs is 4. The Morgan fingerprint density at radius 2 is 0.971 bits per heavy atom. The second kappa shape index (κ2) is 12.9. The van der Waals surface area contributed by atoms with E-state index in [4.69, 9.17) is 18.9 Å². The molecule has 0 amide bonds. The van der Waals surface area contributed by atoms with Crippen LogP contribution in [0.25, 0.3) is 11.1 Å². The van der Waals surface area contributed by atoms with E-state index in [2.05, 4.69) is 63.5 Å². The lowest BCUT2D eigenvalue weighted by Gasteiger charge is -2.75. The fourth-order valence-corrected chi connectivity index (χ4v) is 19.7. The summed E-state index contributed by atoms with van der Waals surface area (Å²) in [6.07, 6.45) is 13.4. The molecule has 0 aromatic heterocycles. The molecule has 2 aromatic carbocycles. The Bertz CT molecular complexity index is 2380. The molecule has 4 spiro atoms. The molecule has 10 aliphatic carbocycles. The first-order chi connectivity index (χ1) is 32.0. The summed E-state index contributed by atoms with van der Waals surface area (Å²) in [5.74, 6) is 2.48. The highest BCUT2D eigenvalue weighted by Crippen LogP contribution is 2.81. The number of likely N-dealkylation sites (tertiary alicyclic amines) is 2. The van der Waals surface area contributed by atoms with Gasteiger partial charge in [0.1, 0.15) is 23.4 Å². The molecule has 370 valence electrons. The molecular weight excluding hydrogens is 853 g/mol. The van der Waals surface area contributed by atoms with Gasteiger partial charge in [0.2, 0.25) is 0 Å². The second-order valence-electron chi connectivity index (χ2n) is 28.0. The third kappa shape index (κ3) is 4.69. The van der Waals surface area contributed by atoms with Gasteiger partial charge in [0.25, 0.3) is 0 Å². The first-order valence-corrected chi connectivity index (χ1v) is 27.2. The van der Waals surface area contributed by atoms with Crippen LogP contribution in [0.15, 0.2) is 12.1 Å². The van der Waals surface area contributed by atoms with Crippen LogP contribution in [0.1, 0.15) is 155 Å². The lowest BCUT2D eigenvalue weighted by atomic mass is 9.33. The number of ether oxygens (including phenoxy) is 4. The maximum absolute atomic E-state index is 13.1. The van der Waals surface area contributed by atoms with Crippen molar-refractivity contribution in [3.05, 3.63) is 34.4 Å². The van der Waals surface area contributed by atoms with E-state index in [0.29, 0.717) is 22.6 Å². The summed E-state index contributed by atoms with van der Waals surface area (Å²) in [5, 5.41) is 51.9. The zero-order valence-corrected chi connectivity index (χ0v) is 42.8. The lowest BCUT2D eigenvalue weighted by molar-refractivity contribution is -0.312. The predicted molar refractivity (Wildman–Crippen MR) is 259 cm³/mol. The van der Waals surface area contributed by atoms with Crippen molar-refractivity contribution in [1.82, 2.24) is 9.80 Å². The number of phenolic OH excluding ortho intramolecular Hbond substituents is 2. The van der Waals surface area contributed by atoms with Crippen LogP contribution >= 0.6 is 0 Å². The highest BCUT2D eigenvalue weighted by atomic mass is 16.6. The number of nitrogens with zero attached hydrogens (tertiary/aromatic N) is 2. The van der Waals surface area contributed by atoms with Crippen LogP contribution < -0.4 is 9.47 Å². The molecule has 2 saturated heterocycles. The lowest BCUT2D eigenvalue weighted by Crippen LogP contribution is -2.83. The predicted octanol–water partition coefficient (Wildman–Crippen LogP) is 8.81. The van der Waals surface area contributed by atoms with Crippen LogP contribution in [0.4, 0.5) is 0 Å². The Balaban J connectivity index is 0.957. The minimum atomic E-state index is -1.04. The summed E-state index contributed by atoms with van der Waals surface area (Å²) in [5.41, 5.74) is 0.598. The van der Waals surface area contributed by atoms with E-state index in [1.165, 1.54) is 47.9 Å². The summed E-state index contributed by atoms with van der Waals surface area (Å²) >= 11 is 0. The second-order valence-corrected chi connectivity index (χ2v) is 28.0. The van der Waals surface area contributed by atoms with Crippen LogP contribution in [0.2, 0.25) is 0 Å². The first kappa shape index (κ1) is 44.1. The van der Waals surface area contributed by atoms with Crippen molar-refractivity contribution in [1.29, 1.82) is 0 Å². The van der Waals surface area contributed by atoms with Gasteiger partial charge >= 0.3 is 0 Å². The third-order valence-electron chi connectivity index (χ3n) is 24.2. The van der Waals surface area contributed by atoms with Crippen molar-refractivity contribution in [2.24, 2.45) is 45.3 Å². The molecule has 4 aliphatic heterocycles. The summed E-state index contributed by atoms with van der Waals surface area (Å²) in [7, 11) is 3.68. The van der Waals surface area contributed by atoms with Gasteiger partial charge in [-0.2, -0.15) is 0 Å². The van der Waals surface area contributed by atoms with Gasteiger partial charge in [0.15, 0.2) is 23.0 Å². The summed E-state index contributed by atoms with van der Waals surface area (Å²) < 4.78 is 28.8. The molecule has 10 nitrogen and oxygen atoms in total. The smallest absolute Gasteiger partial charge is 0.166 e. The molecule has 4 heterocycles. The molecule has 4 N–H and O–H groups in total. The molecule has 2 aromatic rings. The third-order valence-corrected chi connectivity index (χ3v) is 24.2. The van der Waals surface area contributed by atoms with E-state index in [9.17, 15) is 20.4 Å². The maximum Gasteiger partial charge on any atom is 0.166 e. The van der Waals surface area contributed by atoms with Crippen LogP contribution in [0.3, 0.4) is 0 Å². The molecule has 68 heavy (non-hydrogen) atoms. The molecule has 10 heteroatoms. The molecule has 16 rings (SSSR count). The van der Waals surface area contributed by atoms with E-state index >= 15 is 0 Å². The van der Waals surface area contributed by atoms with E-state index in [-0.39, 0.29) is 69.3 Å². The van der Waals surface area contributed by atoms with Crippen LogP contribution in [-0.4, -0.2) is 117 Å². The van der Waals surface area contributed by atoms with Crippen LogP contribution in [-0.2, 0) is 33.1 Å². The number of rotatable bonds is 9. The number of hydrogen-bond donors (Lipinski definition) is 4. The van der Waals surface area contributed by atoms with E-state index in [0.717, 1.165) is 102 Å². The van der Waals surface area contributed by atoms with Gasteiger partial charge in [-0.05, 0) is 163 Å². The van der Waals surface area contributed by atoms with Gasteiger partial charge in [-0.15, -0.1) is 0 Å². The average Bonchev–Trinajstić information content (AvgIpc) is 4.22. The van der Waals surface area contributed by atoms with E-state index in [1.807, 2.05) is 28.1 Å². The van der Waals surface area contributed by atoms with Crippen molar-refractivity contribution in [3.63, 3.8) is 0 Å². The first-order valence-electron chi connectivity index (χ1n) is 27.2. The van der Waals surface area contributed by atoms with Crippen molar-refractivity contribution >= 4 is 0 Å². The van der Waals surface area contributed by atoms with Crippen LogP contribution in [0, 0.1) is 45.3 Å². The quantitative estimate of drug-likeness (QED) is 0.194. The van der Waals surface area contributed by atoms with Gasteiger partial charge in [-0.25, -0.2) is 0 Å². The standard InChI is InChI=1S/C58H80N2O8/c1-49(2,3)51(7,63)37-27-53-15-17-57(37,65-9)47-55(53)19-21-59(29-31-11-12-31)39(53)25-33-23-35(43(61)45(67-47)41(33)55)36-24-34-26-40-54-16-18-58(66-10,38(28-54)52(8,64)50(4,5)6)48-56(54,42(34)46(68-48)44(36)62)20-22-60(40)30-32-13-14-32/h23-24,31-32,37-40,47-48,61-64H,11-22,25-30H2,1-10H3/t37-,38-,39-,40-,47-,48-,51+,52+,53-,54-,55+,56+,57+,58+/m1/s1. The average molecular weight is 933 g/mol. The molecule has 8 bridgehead atoms. The number of methoxy groups -OCH3 is 2. The minimum absolute atomic E-state index is 0.0971. The number of hydrogen-bond acceptors (Lipinski definition) is 10. The minimum Gasteiger partial charge on any atom is -0.504 e. The fraction of sp³-hybridized carbons (Fsp3) is 0.793. The van der Waals surface area contributed by atoms with Gasteiger partial charge in [-0.1, -0.05) is 41.5 Å². The Morgan fingerprint density at radius 3 is 1.31 bits per heavy atom. The number of benzene rings is 2. The zero-order chi connectivity index (χ0) is 47.5. The number of aliphatic hydroxyl groups is 2. The summed E-state index contributed by atoms with van der Waals surface area (Å²) in [4.78, 5) is 5.67. The van der Waals surface area contributed by atoms with Gasteiger partial charge in [0, 0.05) is 95.1 Å². The molecule has 14 aliphatic rings. The highest BCUT2D eigenvalue weighted by Gasteiger charge is 2.84. The Morgan fingerprint density at radius 1 is 0.588 bits per heavy atom. The normalized spacial score (nSPS) is 44.2. The monoisotopic (exact) mass is 933 g/mol. The van der Waals surface area contributed by atoms with Crippen molar-refractivity contribution in [2.45, 2.75) is 203 Å². The summed E-state index contributed by atoms with van der Waals surface area (Å²) in [6, 6.07) is 5.00. The van der Waals surface area contributed by atoms with Gasteiger partial charge < -0.3 is 39.4 Å². The van der Waals surface area contributed by atoms with Crippen molar-refractivity contribution < 1.29 is 39.4 Å². The molecule has 0 radical (unpaired) electrons. The molecule has 10 fully saturated rings. The van der Waals surface area contributed by atoms with Gasteiger partial charge in [-0.3, -0.25) is 9.80 Å². The van der Waals surface area contributed by atoms with E-state index in [1.54, 1.807) is 0 Å². The van der Waals surface area contributed by atoms with Crippen LogP contribution in [0.5, 0.6) is 23.0 Å². The SMILES string of the molecule is CO[C@@]12CC[C@@]3(C[C@@H]1[C@](C)(O)C(C)(C)C)[C@H]1Cc4cc(-c5cc6c7c(c5O)O[C@H]5[C@]8(OC)CC[C@@]9(C[C@@H]8[C@](C)(O)C(C)(C)C)[C@@H](C6)N(CC6CC6)CC[C@]759)c(O)c5c4[C@@]3(CCN1CC1CC1)[C@H]2O5. The molecular formula is C58H80N2O8. The number of aromatic hydroxyl groups is 2. The molecule has 14 atom stereocenters. The Kier molecular flexibility index (Phi) is 8.40. The maximum atomic E-state index is 13.1. The van der Waals surface area contributed by atoms with Gasteiger partial charge in [0.05, 0.1) is 11.2 Å². The fourth-order valence-electron chi connectivity index (χ4n) is 19.7. The number of piperidine rings is 2. The van der Waals surface area contributed by atoms with E-state index < -0.39 is 33.2 Å². The van der Waals surface area contributed by atoms with Crippen molar-refractivity contribution in [3.8, 4) is 34.1 Å².